The van der Waals surface area contributed by atoms with E-state index >= 15 is 0 Å². The lowest BCUT2D eigenvalue weighted by Crippen LogP contribution is -2.38. The zero-order chi connectivity index (χ0) is 11.9. The molecular formula is C11H21FO2S. The van der Waals surface area contributed by atoms with Crippen molar-refractivity contribution in [2.24, 2.45) is 5.41 Å². The van der Waals surface area contributed by atoms with Crippen LogP contribution in [0.25, 0.3) is 0 Å². The Morgan fingerprint density at radius 3 is 2.53 bits per heavy atom. The zero-order valence-electron chi connectivity index (χ0n) is 9.96. The fraction of sp³-hybridized carbons (Fsp3) is 0.818. The van der Waals surface area contributed by atoms with Crippen LogP contribution in [0.2, 0.25) is 0 Å². The number of halogens is 1. The highest BCUT2D eigenvalue weighted by Crippen LogP contribution is 2.37. The topological polar surface area (TPSA) is 18.5 Å². The first-order chi connectivity index (χ1) is 7.02. The fourth-order valence-electron chi connectivity index (χ4n) is 1.31. The minimum atomic E-state index is -0.455. The van der Waals surface area contributed by atoms with Crippen molar-refractivity contribution in [3.8, 4) is 0 Å². The standard InChI is InChI=1S/C11H21FO2S/c1-6-11(4,10(3)15-13-5)9(2)14-8-7-12/h6,9-10H,1,7-8H2,2-5H3/t9-,10+,11?/m1/s1. The Morgan fingerprint density at radius 1 is 1.53 bits per heavy atom. The average Bonchev–Trinajstić information content (AvgIpc) is 2.24. The number of alkyl halides is 1. The van der Waals surface area contributed by atoms with E-state index in [-0.39, 0.29) is 23.4 Å². The van der Waals surface area contributed by atoms with Gasteiger partial charge in [0.25, 0.3) is 0 Å². The Hall–Kier alpha value is -0.0600. The maximum Gasteiger partial charge on any atom is 0.113 e. The molecule has 0 aliphatic carbocycles. The smallest absolute Gasteiger partial charge is 0.113 e. The summed E-state index contributed by atoms with van der Waals surface area (Å²) in [6.45, 7) is 9.52. The van der Waals surface area contributed by atoms with Gasteiger partial charge >= 0.3 is 0 Å². The molecule has 0 fully saturated rings. The minimum Gasteiger partial charge on any atom is -0.375 e. The summed E-state index contributed by atoms with van der Waals surface area (Å²) in [6, 6.07) is 0. The Kier molecular flexibility index (Phi) is 7.22. The molecule has 0 amide bonds. The molecule has 0 rings (SSSR count). The molecule has 3 atom stereocenters. The molecule has 0 aromatic heterocycles. The van der Waals surface area contributed by atoms with Gasteiger partial charge in [-0.2, -0.15) is 0 Å². The Bertz CT molecular complexity index is 189. The normalized spacial score (nSPS) is 19.3. The molecule has 0 radical (unpaired) electrons. The summed E-state index contributed by atoms with van der Waals surface area (Å²) < 4.78 is 22.5. The maximum absolute atomic E-state index is 12.0. The van der Waals surface area contributed by atoms with Gasteiger partial charge in [-0.3, -0.25) is 0 Å². The van der Waals surface area contributed by atoms with Crippen molar-refractivity contribution in [2.75, 3.05) is 20.4 Å². The summed E-state index contributed by atoms with van der Waals surface area (Å²) in [7, 11) is 1.64. The van der Waals surface area contributed by atoms with Crippen LogP contribution in [0.3, 0.4) is 0 Å². The van der Waals surface area contributed by atoms with Crippen LogP contribution in [0.1, 0.15) is 20.8 Å². The predicted octanol–water partition coefficient (Wildman–Crippen LogP) is 3.24. The van der Waals surface area contributed by atoms with Crippen molar-refractivity contribution in [3.63, 3.8) is 0 Å². The van der Waals surface area contributed by atoms with Crippen LogP contribution in [-0.4, -0.2) is 31.7 Å². The largest absolute Gasteiger partial charge is 0.375 e. The number of hydrogen-bond donors (Lipinski definition) is 0. The molecule has 2 nitrogen and oxygen atoms in total. The van der Waals surface area contributed by atoms with E-state index < -0.39 is 6.67 Å². The summed E-state index contributed by atoms with van der Waals surface area (Å²) in [4.78, 5) is 0. The van der Waals surface area contributed by atoms with Gasteiger partial charge in [0.1, 0.15) is 6.67 Å². The lowest BCUT2D eigenvalue weighted by molar-refractivity contribution is -0.00507. The molecule has 4 heteroatoms. The van der Waals surface area contributed by atoms with Crippen LogP contribution in [-0.2, 0) is 8.92 Å². The summed E-state index contributed by atoms with van der Waals surface area (Å²) in [5.74, 6) is 0. The van der Waals surface area contributed by atoms with Crippen LogP contribution in [0, 0.1) is 5.41 Å². The molecule has 0 bridgehead atoms. The van der Waals surface area contributed by atoms with Gasteiger partial charge in [-0.1, -0.05) is 19.9 Å². The van der Waals surface area contributed by atoms with E-state index in [0.717, 1.165) is 0 Å². The predicted molar refractivity (Wildman–Crippen MR) is 63.8 cm³/mol. The Labute approximate surface area is 96.4 Å². The number of hydrogen-bond acceptors (Lipinski definition) is 3. The van der Waals surface area contributed by atoms with Gasteiger partial charge in [0.2, 0.25) is 0 Å². The van der Waals surface area contributed by atoms with Crippen molar-refractivity contribution in [1.29, 1.82) is 0 Å². The van der Waals surface area contributed by atoms with E-state index in [0.29, 0.717) is 0 Å². The van der Waals surface area contributed by atoms with E-state index in [9.17, 15) is 4.39 Å². The lowest BCUT2D eigenvalue weighted by atomic mass is 9.82. The monoisotopic (exact) mass is 236 g/mol. The molecule has 0 heterocycles. The molecule has 15 heavy (non-hydrogen) atoms. The quantitative estimate of drug-likeness (QED) is 0.476. The molecular weight excluding hydrogens is 215 g/mol. The fourth-order valence-corrected chi connectivity index (χ4v) is 2.10. The van der Waals surface area contributed by atoms with Crippen molar-refractivity contribution in [1.82, 2.24) is 0 Å². The second-order valence-electron chi connectivity index (χ2n) is 3.68. The highest BCUT2D eigenvalue weighted by molar-refractivity contribution is 7.95. The SMILES string of the molecule is C=CC(C)([C@H](C)SOC)[C@@H](C)OCCF. The van der Waals surface area contributed by atoms with Gasteiger partial charge in [0.05, 0.1) is 19.8 Å². The van der Waals surface area contributed by atoms with Gasteiger partial charge in [-0.05, 0) is 19.0 Å². The van der Waals surface area contributed by atoms with Crippen LogP contribution < -0.4 is 0 Å². The average molecular weight is 236 g/mol. The van der Waals surface area contributed by atoms with Gasteiger partial charge in [-0.15, -0.1) is 6.58 Å². The minimum absolute atomic E-state index is 0.0802. The molecule has 0 aromatic rings. The first-order valence-corrected chi connectivity index (χ1v) is 5.84. The summed E-state index contributed by atoms with van der Waals surface area (Å²) in [5.41, 5.74) is -0.226. The summed E-state index contributed by atoms with van der Waals surface area (Å²) in [5, 5.41) is 0.203. The number of rotatable bonds is 8. The maximum atomic E-state index is 12.0. The van der Waals surface area contributed by atoms with Crippen LogP contribution >= 0.6 is 12.0 Å². The van der Waals surface area contributed by atoms with E-state index in [1.54, 1.807) is 7.11 Å². The van der Waals surface area contributed by atoms with E-state index in [4.69, 9.17) is 8.92 Å². The highest BCUT2D eigenvalue weighted by Gasteiger charge is 2.35. The van der Waals surface area contributed by atoms with Gasteiger partial charge in [0.15, 0.2) is 0 Å². The Balaban J connectivity index is 4.45. The van der Waals surface area contributed by atoms with Crippen molar-refractivity contribution in [3.05, 3.63) is 12.7 Å². The van der Waals surface area contributed by atoms with Crippen LogP contribution in [0.15, 0.2) is 12.7 Å². The van der Waals surface area contributed by atoms with Crippen molar-refractivity contribution < 1.29 is 13.3 Å². The van der Waals surface area contributed by atoms with Crippen LogP contribution in [0.4, 0.5) is 4.39 Å². The summed E-state index contributed by atoms with van der Waals surface area (Å²) >= 11 is 1.38. The van der Waals surface area contributed by atoms with E-state index in [2.05, 4.69) is 6.58 Å². The molecule has 0 saturated heterocycles. The molecule has 1 unspecified atom stereocenters. The summed E-state index contributed by atoms with van der Waals surface area (Å²) in [6.07, 6.45) is 1.77. The van der Waals surface area contributed by atoms with Crippen molar-refractivity contribution >= 4 is 12.0 Å². The molecule has 0 N–H and O–H groups in total. The van der Waals surface area contributed by atoms with E-state index in [1.165, 1.54) is 12.0 Å². The van der Waals surface area contributed by atoms with E-state index in [1.807, 2.05) is 26.8 Å². The molecule has 0 spiro atoms. The molecule has 0 aliphatic rings. The third-order valence-corrected chi connectivity index (χ3v) is 3.87. The van der Waals surface area contributed by atoms with Crippen LogP contribution in [0.5, 0.6) is 0 Å². The third kappa shape index (κ3) is 4.13. The van der Waals surface area contributed by atoms with Gasteiger partial charge in [0, 0.05) is 10.7 Å². The molecule has 90 valence electrons. The molecule has 0 saturated carbocycles. The first kappa shape index (κ1) is 14.9. The van der Waals surface area contributed by atoms with Gasteiger partial charge in [-0.25, -0.2) is 4.39 Å². The van der Waals surface area contributed by atoms with Gasteiger partial charge < -0.3 is 8.92 Å². The third-order valence-electron chi connectivity index (χ3n) is 2.88. The Morgan fingerprint density at radius 2 is 2.13 bits per heavy atom. The van der Waals surface area contributed by atoms with Crippen molar-refractivity contribution in [2.45, 2.75) is 32.1 Å². The second-order valence-corrected chi connectivity index (χ2v) is 4.91. The number of ether oxygens (including phenoxy) is 1. The lowest BCUT2D eigenvalue weighted by Gasteiger charge is -2.36. The molecule has 0 aliphatic heterocycles. The first-order valence-electron chi connectivity index (χ1n) is 5.03. The highest BCUT2D eigenvalue weighted by atomic mass is 32.2. The zero-order valence-corrected chi connectivity index (χ0v) is 10.8. The molecule has 0 aromatic carbocycles. The second kappa shape index (κ2) is 7.25.